The maximum Gasteiger partial charge on any atom is 0.341 e. The Hall–Kier alpha value is -3.08. The van der Waals surface area contributed by atoms with Gasteiger partial charge in [-0.1, -0.05) is 36.2 Å². The summed E-state index contributed by atoms with van der Waals surface area (Å²) in [5, 5.41) is 7.61. The van der Waals surface area contributed by atoms with Crippen molar-refractivity contribution in [2.24, 2.45) is 5.73 Å². The van der Waals surface area contributed by atoms with Gasteiger partial charge in [0.15, 0.2) is 18.2 Å². The molecule has 0 atom stereocenters. The van der Waals surface area contributed by atoms with Gasteiger partial charge in [-0.3, -0.25) is 9.59 Å². The van der Waals surface area contributed by atoms with E-state index in [0.29, 0.717) is 27.8 Å². The molecular weight excluding hydrogens is 491 g/mol. The fourth-order valence-corrected chi connectivity index (χ4v) is 4.37. The Morgan fingerprint density at radius 1 is 1.21 bits per heavy atom. The van der Waals surface area contributed by atoms with E-state index < -0.39 is 17.8 Å². The number of carbonyl (C=O) groups is 3. The lowest BCUT2D eigenvalue weighted by atomic mass is 10.1. The van der Waals surface area contributed by atoms with Gasteiger partial charge in [0, 0.05) is 6.20 Å². The third-order valence-corrected chi connectivity index (χ3v) is 6.19. The van der Waals surface area contributed by atoms with Gasteiger partial charge in [0.05, 0.1) is 27.1 Å². The molecule has 3 rings (SSSR count). The van der Waals surface area contributed by atoms with E-state index in [9.17, 15) is 14.4 Å². The molecule has 2 aromatic heterocycles. The highest BCUT2D eigenvalue weighted by Gasteiger charge is 2.26. The lowest BCUT2D eigenvalue weighted by Crippen LogP contribution is -2.16. The first-order valence-corrected chi connectivity index (χ1v) is 11.3. The van der Waals surface area contributed by atoms with E-state index in [4.69, 9.17) is 38.4 Å². The standard InChI is InChI=1S/C21H20Cl2N4O5S/c1-3-9-31-21(30)15-11(2)17(18(24)28)33-20(15)25-19(29)14-7-8-27(26-14)10-32-16-12(22)5-4-6-13(16)23/h4-8H,3,9-10H2,1-2H3,(H2,24,28)(H,25,29). The normalized spacial score (nSPS) is 10.7. The Morgan fingerprint density at radius 2 is 1.91 bits per heavy atom. The highest BCUT2D eigenvalue weighted by molar-refractivity contribution is 7.18. The first-order chi connectivity index (χ1) is 15.7. The van der Waals surface area contributed by atoms with E-state index in [0.717, 1.165) is 11.3 Å². The number of para-hydroxylation sites is 1. The molecule has 0 saturated heterocycles. The molecular formula is C21H20Cl2N4O5S. The van der Waals surface area contributed by atoms with Crippen LogP contribution in [0.2, 0.25) is 10.0 Å². The van der Waals surface area contributed by atoms with Gasteiger partial charge < -0.3 is 20.5 Å². The van der Waals surface area contributed by atoms with Crippen LogP contribution in [0.4, 0.5) is 5.00 Å². The molecule has 0 unspecified atom stereocenters. The number of primary amides is 1. The fourth-order valence-electron chi connectivity index (χ4n) is 2.82. The molecule has 0 bridgehead atoms. The minimum absolute atomic E-state index is 0.0464. The van der Waals surface area contributed by atoms with Gasteiger partial charge in [-0.2, -0.15) is 5.10 Å². The molecule has 2 heterocycles. The van der Waals surface area contributed by atoms with E-state index in [1.165, 1.54) is 16.9 Å². The molecule has 0 aliphatic rings. The molecule has 2 amide bonds. The Kier molecular flexibility index (Phi) is 7.96. The summed E-state index contributed by atoms with van der Waals surface area (Å²) in [5.41, 5.74) is 5.90. The first-order valence-electron chi connectivity index (χ1n) is 9.74. The van der Waals surface area contributed by atoms with Crippen LogP contribution in [0.1, 0.15) is 49.4 Å². The number of rotatable bonds is 9. The number of nitrogens with zero attached hydrogens (tertiary/aromatic N) is 2. The number of nitrogens with two attached hydrogens (primary N) is 1. The second kappa shape index (κ2) is 10.7. The van der Waals surface area contributed by atoms with Gasteiger partial charge in [0.1, 0.15) is 5.00 Å². The molecule has 3 aromatic rings. The number of hydrogen-bond donors (Lipinski definition) is 2. The number of anilines is 1. The summed E-state index contributed by atoms with van der Waals surface area (Å²) in [6, 6.07) is 6.43. The van der Waals surface area contributed by atoms with Crippen LogP contribution >= 0.6 is 34.5 Å². The van der Waals surface area contributed by atoms with Crippen LogP contribution in [0.25, 0.3) is 0 Å². The molecule has 3 N–H and O–H groups in total. The van der Waals surface area contributed by atoms with Crippen molar-refractivity contribution in [3.63, 3.8) is 0 Å². The van der Waals surface area contributed by atoms with Crippen LogP contribution in [0.15, 0.2) is 30.5 Å². The van der Waals surface area contributed by atoms with Gasteiger partial charge in [-0.15, -0.1) is 11.3 Å². The van der Waals surface area contributed by atoms with Crippen molar-refractivity contribution in [1.82, 2.24) is 9.78 Å². The van der Waals surface area contributed by atoms with Crippen LogP contribution < -0.4 is 15.8 Å². The zero-order valence-corrected chi connectivity index (χ0v) is 20.0. The van der Waals surface area contributed by atoms with Gasteiger partial charge in [-0.05, 0) is 37.1 Å². The van der Waals surface area contributed by atoms with Crippen molar-refractivity contribution >= 4 is 57.3 Å². The second-order valence-electron chi connectivity index (χ2n) is 6.78. The van der Waals surface area contributed by atoms with Gasteiger partial charge >= 0.3 is 5.97 Å². The summed E-state index contributed by atoms with van der Waals surface area (Å²) >= 11 is 13.1. The van der Waals surface area contributed by atoms with Gasteiger partial charge in [0.25, 0.3) is 11.8 Å². The summed E-state index contributed by atoms with van der Waals surface area (Å²) in [4.78, 5) is 37.2. The molecule has 0 radical (unpaired) electrons. The minimum atomic E-state index is -0.706. The van der Waals surface area contributed by atoms with Gasteiger partial charge in [0.2, 0.25) is 0 Å². The van der Waals surface area contributed by atoms with Crippen molar-refractivity contribution in [2.75, 3.05) is 11.9 Å². The number of benzene rings is 1. The third kappa shape index (κ3) is 5.65. The van der Waals surface area contributed by atoms with E-state index in [1.807, 2.05) is 6.92 Å². The third-order valence-electron chi connectivity index (χ3n) is 4.37. The number of thiophene rings is 1. The molecule has 33 heavy (non-hydrogen) atoms. The van der Waals surface area contributed by atoms with E-state index in [2.05, 4.69) is 10.4 Å². The highest BCUT2D eigenvalue weighted by atomic mass is 35.5. The summed E-state index contributed by atoms with van der Waals surface area (Å²) < 4.78 is 12.2. The predicted octanol–water partition coefficient (Wildman–Crippen LogP) is 4.51. The maximum absolute atomic E-state index is 12.8. The molecule has 9 nitrogen and oxygen atoms in total. The van der Waals surface area contributed by atoms with Crippen LogP contribution in [-0.2, 0) is 11.5 Å². The lowest BCUT2D eigenvalue weighted by molar-refractivity contribution is 0.0506. The van der Waals surface area contributed by atoms with Crippen molar-refractivity contribution in [3.8, 4) is 5.75 Å². The van der Waals surface area contributed by atoms with Crippen LogP contribution in [0.3, 0.4) is 0 Å². The monoisotopic (exact) mass is 510 g/mol. The average molecular weight is 511 g/mol. The van der Waals surface area contributed by atoms with Crippen molar-refractivity contribution in [3.05, 3.63) is 62.2 Å². The topological polar surface area (TPSA) is 126 Å². The number of esters is 1. The van der Waals surface area contributed by atoms with E-state index >= 15 is 0 Å². The Balaban J connectivity index is 1.76. The lowest BCUT2D eigenvalue weighted by Gasteiger charge is -2.09. The summed E-state index contributed by atoms with van der Waals surface area (Å²) in [6.07, 6.45) is 2.16. The zero-order valence-electron chi connectivity index (χ0n) is 17.7. The maximum atomic E-state index is 12.8. The largest absolute Gasteiger partial charge is 0.468 e. The van der Waals surface area contributed by atoms with E-state index in [1.54, 1.807) is 25.1 Å². The number of carbonyl (C=O) groups excluding carboxylic acids is 3. The number of nitrogens with one attached hydrogen (secondary N) is 1. The van der Waals surface area contributed by atoms with E-state index in [-0.39, 0.29) is 34.5 Å². The van der Waals surface area contributed by atoms with Crippen molar-refractivity contribution in [1.29, 1.82) is 0 Å². The highest BCUT2D eigenvalue weighted by Crippen LogP contribution is 2.34. The number of amides is 2. The SMILES string of the molecule is CCCOC(=O)c1c(NC(=O)c2ccn(COc3c(Cl)cccc3Cl)n2)sc(C(N)=O)c1C. The van der Waals surface area contributed by atoms with Crippen molar-refractivity contribution < 1.29 is 23.9 Å². The first kappa shape index (κ1) is 24.6. The quantitative estimate of drug-likeness (QED) is 0.407. The average Bonchev–Trinajstić information content (AvgIpc) is 3.36. The minimum Gasteiger partial charge on any atom is -0.468 e. The van der Waals surface area contributed by atoms with Crippen LogP contribution in [0.5, 0.6) is 5.75 Å². The Morgan fingerprint density at radius 3 is 2.55 bits per heavy atom. The number of hydrogen-bond acceptors (Lipinski definition) is 7. The van der Waals surface area contributed by atoms with Gasteiger partial charge in [-0.25, -0.2) is 9.48 Å². The molecule has 174 valence electrons. The fraction of sp³-hybridized carbons (Fsp3) is 0.238. The molecule has 0 aliphatic heterocycles. The zero-order chi connectivity index (χ0) is 24.1. The number of aromatic nitrogens is 2. The number of ether oxygens (including phenoxy) is 2. The van der Waals surface area contributed by atoms with Crippen molar-refractivity contribution in [2.45, 2.75) is 27.0 Å². The molecule has 0 spiro atoms. The second-order valence-corrected chi connectivity index (χ2v) is 8.61. The summed E-state index contributed by atoms with van der Waals surface area (Å²) in [6.45, 7) is 3.58. The molecule has 0 aliphatic carbocycles. The smallest absolute Gasteiger partial charge is 0.341 e. The van der Waals surface area contributed by atoms with Crippen LogP contribution in [0, 0.1) is 6.92 Å². The molecule has 1 aromatic carbocycles. The van der Waals surface area contributed by atoms with Crippen LogP contribution in [-0.4, -0.2) is 34.2 Å². The summed E-state index contributed by atoms with van der Waals surface area (Å²) in [7, 11) is 0. The molecule has 0 saturated carbocycles. The predicted molar refractivity (Wildman–Crippen MR) is 125 cm³/mol. The number of halogens is 2. The Labute approximate surface area is 203 Å². The summed E-state index contributed by atoms with van der Waals surface area (Å²) in [5.74, 6) is -1.65. The molecule has 12 heteroatoms. The molecule has 0 fully saturated rings. The Bertz CT molecular complexity index is 1190.